The first kappa shape index (κ1) is 31.5. The number of hydrogen-bond donors (Lipinski definition) is 2. The lowest BCUT2D eigenvalue weighted by atomic mass is 9.91. The molecule has 0 saturated carbocycles. The molecule has 0 aliphatic carbocycles. The van der Waals surface area contributed by atoms with Gasteiger partial charge >= 0.3 is 0 Å². The Hall–Kier alpha value is -6.04. The lowest BCUT2D eigenvalue weighted by Crippen LogP contribution is -2.36. The molecule has 2 aromatic heterocycles. The molecule has 8 aromatic carbocycles. The van der Waals surface area contributed by atoms with Gasteiger partial charge in [0.25, 0.3) is 0 Å². The van der Waals surface area contributed by atoms with E-state index in [1.807, 2.05) is 22.7 Å². The maximum absolute atomic E-state index is 4.09. The van der Waals surface area contributed by atoms with E-state index in [9.17, 15) is 0 Å². The first-order valence-electron chi connectivity index (χ1n) is 18.5. The van der Waals surface area contributed by atoms with Crippen LogP contribution in [0.3, 0.4) is 0 Å². The second kappa shape index (κ2) is 12.8. The van der Waals surface area contributed by atoms with Crippen molar-refractivity contribution in [1.82, 2.24) is 5.32 Å². The molecule has 0 saturated heterocycles. The number of rotatable bonds is 5. The van der Waals surface area contributed by atoms with Crippen LogP contribution in [0.2, 0.25) is 0 Å². The van der Waals surface area contributed by atoms with E-state index in [2.05, 4.69) is 193 Å². The summed E-state index contributed by atoms with van der Waals surface area (Å²) in [5.41, 5.74) is 11.3. The summed E-state index contributed by atoms with van der Waals surface area (Å²) in [4.78, 5) is 0. The minimum atomic E-state index is -0.0756. The van der Waals surface area contributed by atoms with Crippen molar-refractivity contribution in [1.29, 1.82) is 0 Å². The molecule has 3 heterocycles. The molecule has 0 fully saturated rings. The van der Waals surface area contributed by atoms with Crippen molar-refractivity contribution in [3.05, 3.63) is 199 Å². The third-order valence-corrected chi connectivity index (χ3v) is 13.4. The van der Waals surface area contributed by atoms with Crippen molar-refractivity contribution in [2.24, 2.45) is 0 Å². The third kappa shape index (κ3) is 5.18. The summed E-state index contributed by atoms with van der Waals surface area (Å²) in [6, 6.07) is 66.6. The molecule has 0 bridgehead atoms. The zero-order chi connectivity index (χ0) is 35.6. The molecular weight excluding hydrogens is 693 g/mol. The second-order valence-electron chi connectivity index (χ2n) is 14.1. The fourth-order valence-corrected chi connectivity index (χ4v) is 11.0. The lowest BCUT2D eigenvalue weighted by Gasteiger charge is -2.34. The summed E-state index contributed by atoms with van der Waals surface area (Å²) in [5, 5.41) is 15.8. The lowest BCUT2D eigenvalue weighted by molar-refractivity contribution is 0.514. The van der Waals surface area contributed by atoms with Crippen LogP contribution in [0.4, 0.5) is 5.00 Å². The van der Waals surface area contributed by atoms with Crippen molar-refractivity contribution in [2.75, 3.05) is 5.32 Å². The maximum atomic E-state index is 4.09. The fourth-order valence-electron chi connectivity index (χ4n) is 8.45. The van der Waals surface area contributed by atoms with Crippen LogP contribution in [-0.4, -0.2) is 0 Å². The van der Waals surface area contributed by atoms with E-state index in [0.717, 1.165) is 0 Å². The quantitative estimate of drug-likeness (QED) is 0.185. The number of benzene rings is 8. The van der Waals surface area contributed by atoms with Gasteiger partial charge in [0, 0.05) is 41.6 Å². The predicted octanol–water partition coefficient (Wildman–Crippen LogP) is 14.2. The van der Waals surface area contributed by atoms with Crippen molar-refractivity contribution >= 4 is 68.7 Å². The average molecular weight is 727 g/mol. The zero-order valence-corrected chi connectivity index (χ0v) is 30.9. The van der Waals surface area contributed by atoms with Crippen LogP contribution in [0.1, 0.15) is 28.9 Å². The van der Waals surface area contributed by atoms with Gasteiger partial charge in [0.1, 0.15) is 6.17 Å². The molecule has 10 aromatic rings. The molecule has 2 nitrogen and oxygen atoms in total. The van der Waals surface area contributed by atoms with Gasteiger partial charge in [0.2, 0.25) is 0 Å². The third-order valence-electron chi connectivity index (χ3n) is 11.0. The minimum Gasteiger partial charge on any atom is -0.357 e. The number of nitrogens with one attached hydrogen (secondary N) is 2. The van der Waals surface area contributed by atoms with Gasteiger partial charge in [-0.15, -0.1) is 22.7 Å². The Bertz CT molecular complexity index is 2940. The Morgan fingerprint density at radius 2 is 1.06 bits per heavy atom. The van der Waals surface area contributed by atoms with Gasteiger partial charge in [0.05, 0.1) is 11.0 Å². The summed E-state index contributed by atoms with van der Waals surface area (Å²) in [6.45, 7) is 0. The fraction of sp³-hybridized carbons (Fsp3) is 0.0400. The van der Waals surface area contributed by atoms with Crippen LogP contribution < -0.4 is 10.6 Å². The number of thiophene rings is 2. The van der Waals surface area contributed by atoms with Gasteiger partial charge in [-0.1, -0.05) is 152 Å². The first-order chi connectivity index (χ1) is 26.8. The highest BCUT2D eigenvalue weighted by Crippen LogP contribution is 2.50. The van der Waals surface area contributed by atoms with E-state index in [1.54, 1.807) is 0 Å². The molecule has 0 amide bonds. The average Bonchev–Trinajstić information content (AvgIpc) is 3.83. The summed E-state index contributed by atoms with van der Waals surface area (Å²) < 4.78 is 3.94. The minimum absolute atomic E-state index is 0.0572. The zero-order valence-electron chi connectivity index (χ0n) is 29.3. The van der Waals surface area contributed by atoms with Gasteiger partial charge in [-0.2, -0.15) is 0 Å². The molecule has 2 atom stereocenters. The molecule has 1 aliphatic rings. The maximum Gasteiger partial charge on any atom is 0.106 e. The van der Waals surface area contributed by atoms with E-state index >= 15 is 0 Å². The van der Waals surface area contributed by atoms with Crippen molar-refractivity contribution < 1.29 is 0 Å². The van der Waals surface area contributed by atoms with E-state index in [4.69, 9.17) is 0 Å². The van der Waals surface area contributed by atoms with Crippen LogP contribution in [0, 0.1) is 0 Å². The van der Waals surface area contributed by atoms with Gasteiger partial charge < -0.3 is 5.32 Å². The number of hydrogen-bond acceptors (Lipinski definition) is 4. The summed E-state index contributed by atoms with van der Waals surface area (Å²) in [7, 11) is 0. The van der Waals surface area contributed by atoms with E-state index < -0.39 is 0 Å². The Balaban J connectivity index is 1.14. The van der Waals surface area contributed by atoms with Crippen molar-refractivity contribution in [2.45, 2.75) is 12.2 Å². The van der Waals surface area contributed by atoms with E-state index in [1.165, 1.54) is 96.1 Å². The van der Waals surface area contributed by atoms with Crippen molar-refractivity contribution in [3.8, 4) is 33.4 Å². The van der Waals surface area contributed by atoms with E-state index in [-0.39, 0.29) is 12.2 Å². The molecular formula is C50H34N2S2. The Morgan fingerprint density at radius 1 is 0.444 bits per heavy atom. The summed E-state index contributed by atoms with van der Waals surface area (Å²) in [5.74, 6) is 0. The summed E-state index contributed by atoms with van der Waals surface area (Å²) in [6.07, 6.45) is -0.0756. The molecule has 1 aliphatic heterocycles. The predicted molar refractivity (Wildman–Crippen MR) is 233 cm³/mol. The van der Waals surface area contributed by atoms with Crippen LogP contribution in [0.15, 0.2) is 182 Å². The monoisotopic (exact) mass is 726 g/mol. The molecule has 256 valence electrons. The van der Waals surface area contributed by atoms with Gasteiger partial charge in [0.15, 0.2) is 0 Å². The normalized spacial score (nSPS) is 15.5. The molecule has 4 heteroatoms. The highest BCUT2D eigenvalue weighted by molar-refractivity contribution is 7.26. The molecule has 2 unspecified atom stereocenters. The molecule has 0 radical (unpaired) electrons. The van der Waals surface area contributed by atoms with Crippen LogP contribution in [-0.2, 0) is 0 Å². The number of anilines is 1. The summed E-state index contributed by atoms with van der Waals surface area (Å²) >= 11 is 3.79. The topological polar surface area (TPSA) is 24.1 Å². The van der Waals surface area contributed by atoms with Gasteiger partial charge in [-0.3, -0.25) is 5.32 Å². The van der Waals surface area contributed by atoms with Crippen molar-refractivity contribution in [3.63, 3.8) is 0 Å². The molecule has 0 spiro atoms. The Kier molecular flexibility index (Phi) is 7.47. The number of fused-ring (bicyclic) bond motifs is 8. The Labute approximate surface area is 322 Å². The molecule has 11 rings (SSSR count). The van der Waals surface area contributed by atoms with Gasteiger partial charge in [-0.05, 0) is 79.9 Å². The highest BCUT2D eigenvalue weighted by Gasteiger charge is 2.32. The van der Waals surface area contributed by atoms with Gasteiger partial charge in [-0.25, -0.2) is 0 Å². The van der Waals surface area contributed by atoms with Crippen LogP contribution in [0.5, 0.6) is 0 Å². The Morgan fingerprint density at radius 3 is 1.80 bits per heavy atom. The largest absolute Gasteiger partial charge is 0.357 e. The second-order valence-corrected chi connectivity index (χ2v) is 16.2. The molecule has 54 heavy (non-hydrogen) atoms. The smallest absolute Gasteiger partial charge is 0.106 e. The van der Waals surface area contributed by atoms with E-state index in [0.29, 0.717) is 0 Å². The standard InChI is InChI=1S/C50H34N2S2/c1-4-15-31(16-5-1)35-27-36(32-17-6-2-7-18-32)29-37(28-35)42-30-34-21-10-11-22-38(34)44-40-24-14-25-41(47(40)54-48(42)44)49-51-46(33-19-8-3-9-20-33)45-39-23-12-13-26-43(39)53-50(45)52-49/h1-30,46,49,51-52H. The SMILES string of the molecule is c1ccc(-c2cc(-c3ccccc3)cc(-c3cc4ccccc4c4c3sc3c(C5Nc6sc7ccccc7c6C(c6ccccc6)N5)cccc34)c2)cc1. The van der Waals surface area contributed by atoms with Crippen LogP contribution in [0.25, 0.3) is 74.4 Å². The first-order valence-corrected chi connectivity index (χ1v) is 20.1. The highest BCUT2D eigenvalue weighted by atomic mass is 32.1. The molecule has 2 N–H and O–H groups in total. The van der Waals surface area contributed by atoms with Crippen LogP contribution >= 0.6 is 22.7 Å².